The van der Waals surface area contributed by atoms with Crippen LogP contribution in [0.5, 0.6) is 0 Å². The number of terminal acetylenes is 1. The zero-order chi connectivity index (χ0) is 13.2. The summed E-state index contributed by atoms with van der Waals surface area (Å²) in [5.41, 5.74) is 8.40. The highest BCUT2D eigenvalue weighted by Gasteiger charge is 2.18. The molecule has 0 nitrogen and oxygen atoms in total. The molecule has 0 bridgehead atoms. The molecular formula is C17H24. The minimum absolute atomic E-state index is 0.276. The molecular weight excluding hydrogens is 204 g/mol. The van der Waals surface area contributed by atoms with E-state index in [4.69, 9.17) is 6.42 Å². The van der Waals surface area contributed by atoms with Crippen LogP contribution in [-0.4, -0.2) is 0 Å². The summed E-state index contributed by atoms with van der Waals surface area (Å²) in [6.45, 7) is 13.2. The van der Waals surface area contributed by atoms with Crippen molar-refractivity contribution in [1.29, 1.82) is 0 Å². The first kappa shape index (κ1) is 13.8. The van der Waals surface area contributed by atoms with Gasteiger partial charge in [-0.15, -0.1) is 6.42 Å². The molecule has 1 aromatic rings. The Morgan fingerprint density at radius 2 is 1.29 bits per heavy atom. The molecule has 1 aromatic carbocycles. The molecule has 17 heavy (non-hydrogen) atoms. The van der Waals surface area contributed by atoms with Crippen molar-refractivity contribution < 1.29 is 0 Å². The fourth-order valence-corrected chi connectivity index (χ4v) is 2.65. The Morgan fingerprint density at radius 3 is 1.65 bits per heavy atom. The van der Waals surface area contributed by atoms with Gasteiger partial charge in [-0.05, 0) is 74.4 Å². The van der Waals surface area contributed by atoms with Gasteiger partial charge in [-0.25, -0.2) is 0 Å². The molecule has 0 amide bonds. The van der Waals surface area contributed by atoms with Crippen LogP contribution < -0.4 is 0 Å². The van der Waals surface area contributed by atoms with E-state index < -0.39 is 0 Å². The molecule has 1 atom stereocenters. The topological polar surface area (TPSA) is 0 Å². The number of hydrogen-bond donors (Lipinski definition) is 0. The number of hydrogen-bond acceptors (Lipinski definition) is 0. The SMILES string of the molecule is C#CC(CCC)c1c(C)c(C)c(C)c(C)c1C. The van der Waals surface area contributed by atoms with E-state index in [-0.39, 0.29) is 5.92 Å². The van der Waals surface area contributed by atoms with Crippen molar-refractivity contribution in [3.05, 3.63) is 33.4 Å². The molecule has 1 rings (SSSR count). The second-order valence-electron chi connectivity index (χ2n) is 5.05. The van der Waals surface area contributed by atoms with Gasteiger partial charge in [0.05, 0.1) is 0 Å². The molecule has 0 saturated carbocycles. The molecule has 0 N–H and O–H groups in total. The molecule has 0 spiro atoms. The van der Waals surface area contributed by atoms with Gasteiger partial charge in [0.1, 0.15) is 0 Å². The molecule has 0 aliphatic carbocycles. The minimum Gasteiger partial charge on any atom is -0.119 e. The second-order valence-corrected chi connectivity index (χ2v) is 5.05. The van der Waals surface area contributed by atoms with Crippen molar-refractivity contribution in [2.24, 2.45) is 0 Å². The third-order valence-corrected chi connectivity index (χ3v) is 4.19. The summed E-state index contributed by atoms with van der Waals surface area (Å²) >= 11 is 0. The minimum atomic E-state index is 0.276. The monoisotopic (exact) mass is 228 g/mol. The molecule has 0 aromatic heterocycles. The lowest BCUT2D eigenvalue weighted by Crippen LogP contribution is -2.07. The van der Waals surface area contributed by atoms with Crippen molar-refractivity contribution in [3.63, 3.8) is 0 Å². The van der Waals surface area contributed by atoms with Crippen LogP contribution in [-0.2, 0) is 0 Å². The van der Waals surface area contributed by atoms with E-state index in [0.717, 1.165) is 12.8 Å². The molecule has 0 aliphatic rings. The van der Waals surface area contributed by atoms with Gasteiger partial charge in [0.15, 0.2) is 0 Å². The first-order valence-electron chi connectivity index (χ1n) is 6.48. The van der Waals surface area contributed by atoms with Crippen molar-refractivity contribution in [1.82, 2.24) is 0 Å². The highest BCUT2D eigenvalue weighted by atomic mass is 14.2. The highest BCUT2D eigenvalue weighted by molar-refractivity contribution is 5.52. The molecule has 0 aliphatic heterocycles. The summed E-state index contributed by atoms with van der Waals surface area (Å²) < 4.78 is 0. The lowest BCUT2D eigenvalue weighted by molar-refractivity contribution is 0.724. The van der Waals surface area contributed by atoms with E-state index in [9.17, 15) is 0 Å². The standard InChI is InChI=1S/C17H24/c1-8-10-16(9-2)17-14(6)12(4)11(3)13(5)15(17)7/h2,16H,8,10H2,1,3-7H3. The van der Waals surface area contributed by atoms with Crippen LogP contribution in [0.4, 0.5) is 0 Å². The molecule has 0 saturated heterocycles. The summed E-state index contributed by atoms with van der Waals surface area (Å²) in [5, 5.41) is 0. The van der Waals surface area contributed by atoms with E-state index >= 15 is 0 Å². The Kier molecular flexibility index (Phi) is 4.40. The van der Waals surface area contributed by atoms with Crippen LogP contribution in [0.1, 0.15) is 59.1 Å². The van der Waals surface area contributed by atoms with E-state index in [1.165, 1.54) is 33.4 Å². The first-order chi connectivity index (χ1) is 7.95. The number of benzene rings is 1. The summed E-state index contributed by atoms with van der Waals surface area (Å²) in [7, 11) is 0. The van der Waals surface area contributed by atoms with Gasteiger partial charge in [0, 0.05) is 5.92 Å². The predicted octanol–water partition coefficient (Wildman–Crippen LogP) is 4.75. The van der Waals surface area contributed by atoms with Gasteiger partial charge < -0.3 is 0 Å². The molecule has 0 radical (unpaired) electrons. The van der Waals surface area contributed by atoms with Crippen LogP contribution >= 0.6 is 0 Å². The van der Waals surface area contributed by atoms with Gasteiger partial charge in [0.2, 0.25) is 0 Å². The van der Waals surface area contributed by atoms with Crippen molar-refractivity contribution in [2.45, 2.75) is 60.3 Å². The summed E-state index contributed by atoms with van der Waals surface area (Å²) in [6.07, 6.45) is 7.94. The van der Waals surface area contributed by atoms with Crippen LogP contribution in [0.25, 0.3) is 0 Å². The lowest BCUT2D eigenvalue weighted by atomic mass is 9.82. The lowest BCUT2D eigenvalue weighted by Gasteiger charge is -2.22. The highest BCUT2D eigenvalue weighted by Crippen LogP contribution is 2.33. The van der Waals surface area contributed by atoms with E-state index in [2.05, 4.69) is 47.5 Å². The zero-order valence-corrected chi connectivity index (χ0v) is 12.1. The normalized spacial score (nSPS) is 12.3. The predicted molar refractivity (Wildman–Crippen MR) is 76.6 cm³/mol. The fraction of sp³-hybridized carbons (Fsp3) is 0.529. The Balaban J connectivity index is 3.48. The van der Waals surface area contributed by atoms with Gasteiger partial charge >= 0.3 is 0 Å². The van der Waals surface area contributed by atoms with Crippen molar-refractivity contribution >= 4 is 0 Å². The van der Waals surface area contributed by atoms with E-state index in [0.29, 0.717) is 0 Å². The average molecular weight is 228 g/mol. The van der Waals surface area contributed by atoms with E-state index in [1.807, 2.05) is 0 Å². The average Bonchev–Trinajstić information content (AvgIpc) is 2.33. The van der Waals surface area contributed by atoms with E-state index in [1.54, 1.807) is 0 Å². The number of rotatable bonds is 3. The summed E-state index contributed by atoms with van der Waals surface area (Å²) in [4.78, 5) is 0. The third kappa shape index (κ3) is 2.39. The summed E-state index contributed by atoms with van der Waals surface area (Å²) in [6, 6.07) is 0. The van der Waals surface area contributed by atoms with Gasteiger partial charge in [-0.3, -0.25) is 0 Å². The van der Waals surface area contributed by atoms with Gasteiger partial charge in [-0.2, -0.15) is 0 Å². The quantitative estimate of drug-likeness (QED) is 0.655. The van der Waals surface area contributed by atoms with Crippen molar-refractivity contribution in [3.8, 4) is 12.3 Å². The zero-order valence-electron chi connectivity index (χ0n) is 12.1. The molecule has 0 heterocycles. The maximum Gasteiger partial charge on any atom is 0.0455 e. The molecule has 0 heteroatoms. The fourth-order valence-electron chi connectivity index (χ4n) is 2.65. The summed E-state index contributed by atoms with van der Waals surface area (Å²) in [5.74, 6) is 3.25. The maximum absolute atomic E-state index is 5.72. The van der Waals surface area contributed by atoms with Crippen molar-refractivity contribution in [2.75, 3.05) is 0 Å². The molecule has 1 unspecified atom stereocenters. The Hall–Kier alpha value is -1.22. The smallest absolute Gasteiger partial charge is 0.0455 e. The van der Waals surface area contributed by atoms with Gasteiger partial charge in [-0.1, -0.05) is 19.3 Å². The van der Waals surface area contributed by atoms with Crippen LogP contribution in [0.3, 0.4) is 0 Å². The molecule has 92 valence electrons. The Labute approximate surface area is 106 Å². The van der Waals surface area contributed by atoms with Crippen LogP contribution in [0.2, 0.25) is 0 Å². The Morgan fingerprint density at radius 1 is 0.882 bits per heavy atom. The second kappa shape index (κ2) is 5.41. The Bertz CT molecular complexity index is 429. The van der Waals surface area contributed by atoms with Crippen LogP contribution in [0.15, 0.2) is 0 Å². The first-order valence-corrected chi connectivity index (χ1v) is 6.48. The van der Waals surface area contributed by atoms with Crippen LogP contribution in [0, 0.1) is 47.0 Å². The molecule has 0 fully saturated rings. The maximum atomic E-state index is 5.72. The largest absolute Gasteiger partial charge is 0.119 e. The third-order valence-electron chi connectivity index (χ3n) is 4.19. The van der Waals surface area contributed by atoms with Gasteiger partial charge in [0.25, 0.3) is 0 Å².